The van der Waals surface area contributed by atoms with Crippen LogP contribution < -0.4 is 10.6 Å². The molecule has 0 aliphatic rings. The smallest absolute Gasteiger partial charge is 0.191 e. The van der Waals surface area contributed by atoms with Gasteiger partial charge in [0.05, 0.1) is 0 Å². The van der Waals surface area contributed by atoms with Crippen molar-refractivity contribution in [2.75, 3.05) is 32.0 Å². The molecule has 0 amide bonds. The molecule has 0 saturated carbocycles. The van der Waals surface area contributed by atoms with E-state index < -0.39 is 0 Å². The van der Waals surface area contributed by atoms with Gasteiger partial charge in [0.25, 0.3) is 0 Å². The Kier molecular flexibility index (Phi) is 11.4. The van der Waals surface area contributed by atoms with Crippen LogP contribution in [0.25, 0.3) is 0 Å². The molecule has 3 N–H and O–H groups in total. The van der Waals surface area contributed by atoms with E-state index in [1.54, 1.807) is 0 Å². The lowest BCUT2D eigenvalue weighted by Gasteiger charge is -2.17. The third-order valence-electron chi connectivity index (χ3n) is 3.60. The van der Waals surface area contributed by atoms with E-state index in [0.29, 0.717) is 11.8 Å². The van der Waals surface area contributed by atoms with Gasteiger partial charge >= 0.3 is 0 Å². The first kappa shape index (κ1) is 20.8. The van der Waals surface area contributed by atoms with Gasteiger partial charge in [0.2, 0.25) is 0 Å². The molecule has 1 aromatic rings. The van der Waals surface area contributed by atoms with Crippen LogP contribution >= 0.6 is 11.8 Å². The lowest BCUT2D eigenvalue weighted by Crippen LogP contribution is -2.38. The van der Waals surface area contributed by atoms with Gasteiger partial charge in [0.1, 0.15) is 0 Å². The van der Waals surface area contributed by atoms with Gasteiger partial charge in [-0.25, -0.2) is 0 Å². The summed E-state index contributed by atoms with van der Waals surface area (Å²) in [5, 5.41) is 15.9. The van der Waals surface area contributed by atoms with E-state index in [-0.39, 0.29) is 6.61 Å². The molecule has 0 saturated heterocycles. The molecule has 1 atom stereocenters. The molecule has 1 unspecified atom stereocenters. The second-order valence-electron chi connectivity index (χ2n) is 6.32. The van der Waals surface area contributed by atoms with E-state index >= 15 is 0 Å². The first-order chi connectivity index (χ1) is 11.7. The maximum Gasteiger partial charge on any atom is 0.191 e. The standard InChI is InChI=1S/C19H33N3OS/c1-4-20-19(22-15-17(10-12-23)14-16(2)3)21-11-13-24-18-8-6-5-7-9-18/h5-9,16-17,23H,4,10-15H2,1-3H3,(H2,20,21,22). The number of hydrogen-bond donors (Lipinski definition) is 3. The first-order valence-corrected chi connectivity index (χ1v) is 9.95. The minimum absolute atomic E-state index is 0.241. The van der Waals surface area contributed by atoms with Crippen molar-refractivity contribution < 1.29 is 5.11 Å². The molecule has 0 aliphatic heterocycles. The Hall–Kier alpha value is -1.20. The zero-order valence-corrected chi connectivity index (χ0v) is 16.1. The van der Waals surface area contributed by atoms with Crippen LogP contribution in [-0.4, -0.2) is 43.1 Å². The van der Waals surface area contributed by atoms with Crippen molar-refractivity contribution in [1.82, 2.24) is 10.6 Å². The van der Waals surface area contributed by atoms with Crippen LogP contribution in [0.2, 0.25) is 0 Å². The topological polar surface area (TPSA) is 56.7 Å². The minimum Gasteiger partial charge on any atom is -0.396 e. The number of benzene rings is 1. The number of nitrogens with zero attached hydrogens (tertiary/aromatic N) is 1. The fourth-order valence-electron chi connectivity index (χ4n) is 2.55. The predicted molar refractivity (Wildman–Crippen MR) is 106 cm³/mol. The van der Waals surface area contributed by atoms with Gasteiger partial charge in [-0.3, -0.25) is 4.99 Å². The van der Waals surface area contributed by atoms with Gasteiger partial charge in [-0.15, -0.1) is 11.8 Å². The Morgan fingerprint density at radius 3 is 2.58 bits per heavy atom. The maximum absolute atomic E-state index is 9.22. The number of hydrogen-bond acceptors (Lipinski definition) is 3. The van der Waals surface area contributed by atoms with Gasteiger partial charge in [-0.05, 0) is 43.7 Å². The largest absolute Gasteiger partial charge is 0.396 e. The highest BCUT2D eigenvalue weighted by Gasteiger charge is 2.10. The normalized spacial score (nSPS) is 13.1. The average Bonchev–Trinajstić information content (AvgIpc) is 2.57. The molecule has 136 valence electrons. The molecule has 0 aromatic heterocycles. The number of aliphatic hydroxyl groups is 1. The number of nitrogens with one attached hydrogen (secondary N) is 2. The summed E-state index contributed by atoms with van der Waals surface area (Å²) in [6.07, 6.45) is 1.93. The number of guanidine groups is 1. The molecule has 0 heterocycles. The molecule has 1 rings (SSSR count). The van der Waals surface area contributed by atoms with Gasteiger partial charge in [0.15, 0.2) is 5.96 Å². The third-order valence-corrected chi connectivity index (χ3v) is 4.61. The van der Waals surface area contributed by atoms with E-state index in [2.05, 4.69) is 55.7 Å². The fraction of sp³-hybridized carbons (Fsp3) is 0.632. The first-order valence-electron chi connectivity index (χ1n) is 8.96. The summed E-state index contributed by atoms with van der Waals surface area (Å²) in [6, 6.07) is 10.4. The van der Waals surface area contributed by atoms with E-state index in [1.807, 2.05) is 17.8 Å². The fourth-order valence-corrected chi connectivity index (χ4v) is 3.34. The van der Waals surface area contributed by atoms with Gasteiger partial charge in [0, 0.05) is 36.9 Å². The Morgan fingerprint density at radius 1 is 1.21 bits per heavy atom. The monoisotopic (exact) mass is 351 g/mol. The Bertz CT molecular complexity index is 451. The highest BCUT2D eigenvalue weighted by Crippen LogP contribution is 2.16. The molecule has 0 spiro atoms. The molecule has 0 fully saturated rings. The third kappa shape index (κ3) is 9.83. The summed E-state index contributed by atoms with van der Waals surface area (Å²) in [5.41, 5.74) is 0. The van der Waals surface area contributed by atoms with Crippen molar-refractivity contribution in [3.8, 4) is 0 Å². The van der Waals surface area contributed by atoms with Crippen LogP contribution in [0.3, 0.4) is 0 Å². The summed E-state index contributed by atoms with van der Waals surface area (Å²) in [6.45, 7) is 9.25. The summed E-state index contributed by atoms with van der Waals surface area (Å²) in [4.78, 5) is 6.00. The van der Waals surface area contributed by atoms with E-state index in [9.17, 15) is 5.11 Å². The van der Waals surface area contributed by atoms with Crippen LogP contribution in [0.4, 0.5) is 0 Å². The average molecular weight is 352 g/mol. The highest BCUT2D eigenvalue weighted by molar-refractivity contribution is 7.99. The van der Waals surface area contributed by atoms with Crippen molar-refractivity contribution in [1.29, 1.82) is 0 Å². The molecule has 4 nitrogen and oxygen atoms in total. The Morgan fingerprint density at radius 2 is 1.96 bits per heavy atom. The summed E-state index contributed by atoms with van der Waals surface area (Å²) < 4.78 is 0. The SMILES string of the molecule is CCNC(=NCC(CCO)CC(C)C)NCCSc1ccccc1. The minimum atomic E-state index is 0.241. The zero-order chi connectivity index (χ0) is 17.6. The molecular formula is C19H33N3OS. The van der Waals surface area contributed by atoms with Crippen LogP contribution in [0.5, 0.6) is 0 Å². The van der Waals surface area contributed by atoms with Crippen molar-refractivity contribution in [3.63, 3.8) is 0 Å². The van der Waals surface area contributed by atoms with Crippen molar-refractivity contribution in [2.45, 2.75) is 38.5 Å². The van der Waals surface area contributed by atoms with Crippen LogP contribution in [0.15, 0.2) is 40.2 Å². The lowest BCUT2D eigenvalue weighted by molar-refractivity contribution is 0.245. The van der Waals surface area contributed by atoms with Crippen molar-refractivity contribution in [2.24, 2.45) is 16.8 Å². The van der Waals surface area contributed by atoms with Crippen molar-refractivity contribution in [3.05, 3.63) is 30.3 Å². The zero-order valence-electron chi connectivity index (χ0n) is 15.3. The number of rotatable bonds is 11. The Labute approximate surface area is 151 Å². The molecule has 1 aromatic carbocycles. The maximum atomic E-state index is 9.22. The quantitative estimate of drug-likeness (QED) is 0.248. The second kappa shape index (κ2) is 13.1. The Balaban J connectivity index is 2.40. The molecular weight excluding hydrogens is 318 g/mol. The van der Waals surface area contributed by atoms with Crippen molar-refractivity contribution >= 4 is 17.7 Å². The summed E-state index contributed by atoms with van der Waals surface area (Å²) in [5.74, 6) is 2.96. The van der Waals surface area contributed by atoms with E-state index in [4.69, 9.17) is 4.99 Å². The number of aliphatic hydroxyl groups excluding tert-OH is 1. The van der Waals surface area contributed by atoms with E-state index in [1.165, 1.54) is 4.90 Å². The van der Waals surface area contributed by atoms with Crippen LogP contribution in [-0.2, 0) is 0 Å². The summed E-state index contributed by atoms with van der Waals surface area (Å²) in [7, 11) is 0. The highest BCUT2D eigenvalue weighted by atomic mass is 32.2. The molecule has 0 aliphatic carbocycles. The van der Waals surface area contributed by atoms with Crippen LogP contribution in [0.1, 0.15) is 33.6 Å². The molecule has 0 bridgehead atoms. The molecule has 0 radical (unpaired) electrons. The lowest BCUT2D eigenvalue weighted by atomic mass is 9.94. The summed E-state index contributed by atoms with van der Waals surface area (Å²) >= 11 is 1.84. The number of thioether (sulfide) groups is 1. The second-order valence-corrected chi connectivity index (χ2v) is 7.48. The molecule has 5 heteroatoms. The van der Waals surface area contributed by atoms with Crippen LogP contribution in [0, 0.1) is 11.8 Å². The predicted octanol–water partition coefficient (Wildman–Crippen LogP) is 3.38. The number of aliphatic imine (C=N–C) groups is 1. The van der Waals surface area contributed by atoms with Gasteiger partial charge < -0.3 is 15.7 Å². The van der Waals surface area contributed by atoms with Gasteiger partial charge in [-0.2, -0.15) is 0 Å². The van der Waals surface area contributed by atoms with E-state index in [0.717, 1.165) is 44.2 Å². The van der Waals surface area contributed by atoms with Gasteiger partial charge in [-0.1, -0.05) is 32.0 Å². The molecule has 24 heavy (non-hydrogen) atoms.